The van der Waals surface area contributed by atoms with Gasteiger partial charge in [-0.1, -0.05) is 13.8 Å². The highest BCUT2D eigenvalue weighted by molar-refractivity contribution is 7.09. The van der Waals surface area contributed by atoms with Crippen LogP contribution in [0.25, 0.3) is 0 Å². The van der Waals surface area contributed by atoms with Gasteiger partial charge >= 0.3 is 0 Å². The number of carbonyl (C=O) groups excluding carboxylic acids is 3. The number of primary amides is 1. The molecule has 0 aliphatic carbocycles. The molecular formula is C25H30N6O5S. The molecule has 0 aliphatic rings. The summed E-state index contributed by atoms with van der Waals surface area (Å²) in [5.74, 6) is -0.755. The number of ether oxygens (including phenoxy) is 2. The predicted octanol–water partition coefficient (Wildman–Crippen LogP) is 2.79. The highest BCUT2D eigenvalue weighted by Gasteiger charge is 2.36. The summed E-state index contributed by atoms with van der Waals surface area (Å²) >= 11 is 0.732. The molecule has 0 radical (unpaired) electrons. The molecule has 37 heavy (non-hydrogen) atoms. The summed E-state index contributed by atoms with van der Waals surface area (Å²) in [6.07, 6.45) is 3.82. The van der Waals surface area contributed by atoms with Crippen molar-refractivity contribution in [3.8, 4) is 11.5 Å². The average Bonchev–Trinajstić information content (AvgIpc) is 3.28. The minimum Gasteiger partial charge on any atom is -0.493 e. The second-order valence-electron chi connectivity index (χ2n) is 8.51. The third kappa shape index (κ3) is 6.15. The van der Waals surface area contributed by atoms with Gasteiger partial charge in [-0.3, -0.25) is 24.3 Å². The van der Waals surface area contributed by atoms with Gasteiger partial charge in [-0.25, -0.2) is 0 Å². The number of nitrogens with two attached hydrogens (primary N) is 2. The SMILES string of the molecule is COc1ccc(N(C(=O)c2snc(C(N)=O)c2N)C(C(=O)NCCC(C)C)c2ccncc2)cc1OC. The third-order valence-electron chi connectivity index (χ3n) is 5.57. The number of methoxy groups -OCH3 is 2. The van der Waals surface area contributed by atoms with Crippen LogP contribution >= 0.6 is 11.5 Å². The Labute approximate surface area is 218 Å². The first kappa shape index (κ1) is 27.4. The molecule has 1 unspecified atom stereocenters. The van der Waals surface area contributed by atoms with Crippen LogP contribution in [0.2, 0.25) is 0 Å². The van der Waals surface area contributed by atoms with Gasteiger partial charge in [0.05, 0.1) is 19.9 Å². The zero-order chi connectivity index (χ0) is 27.1. The van der Waals surface area contributed by atoms with E-state index >= 15 is 0 Å². The van der Waals surface area contributed by atoms with E-state index in [0.717, 1.165) is 18.0 Å². The van der Waals surface area contributed by atoms with Crippen LogP contribution in [0.5, 0.6) is 11.5 Å². The van der Waals surface area contributed by atoms with Crippen LogP contribution in [-0.2, 0) is 4.79 Å². The lowest BCUT2D eigenvalue weighted by atomic mass is 10.0. The van der Waals surface area contributed by atoms with Gasteiger partial charge in [-0.05, 0) is 53.7 Å². The van der Waals surface area contributed by atoms with Crippen molar-refractivity contribution in [2.75, 3.05) is 31.4 Å². The van der Waals surface area contributed by atoms with Gasteiger partial charge in [0.15, 0.2) is 17.2 Å². The van der Waals surface area contributed by atoms with Gasteiger partial charge in [-0.2, -0.15) is 4.37 Å². The smallest absolute Gasteiger partial charge is 0.273 e. The highest BCUT2D eigenvalue weighted by Crippen LogP contribution is 2.37. The predicted molar refractivity (Wildman–Crippen MR) is 141 cm³/mol. The van der Waals surface area contributed by atoms with Crippen molar-refractivity contribution in [2.45, 2.75) is 26.3 Å². The van der Waals surface area contributed by atoms with Gasteiger partial charge in [0.1, 0.15) is 10.9 Å². The number of aromatic nitrogens is 2. The van der Waals surface area contributed by atoms with E-state index in [1.165, 1.54) is 31.5 Å². The Morgan fingerprint density at radius 3 is 2.32 bits per heavy atom. The van der Waals surface area contributed by atoms with Gasteiger partial charge < -0.3 is 26.3 Å². The fraction of sp³-hybridized carbons (Fsp3) is 0.320. The van der Waals surface area contributed by atoms with Crippen molar-refractivity contribution in [1.82, 2.24) is 14.7 Å². The van der Waals surface area contributed by atoms with Crippen LogP contribution < -0.4 is 31.2 Å². The summed E-state index contributed by atoms with van der Waals surface area (Å²) in [7, 11) is 2.96. The maximum atomic E-state index is 14.1. The number of carbonyl (C=O) groups is 3. The lowest BCUT2D eigenvalue weighted by Crippen LogP contribution is -2.44. The molecule has 0 saturated carbocycles. The van der Waals surface area contributed by atoms with Crippen molar-refractivity contribution < 1.29 is 23.9 Å². The molecule has 0 aliphatic heterocycles. The Morgan fingerprint density at radius 1 is 1.08 bits per heavy atom. The molecule has 3 amide bonds. The van der Waals surface area contributed by atoms with Crippen LogP contribution in [0.15, 0.2) is 42.7 Å². The minimum absolute atomic E-state index is 0.0300. The number of pyridine rings is 1. The van der Waals surface area contributed by atoms with Gasteiger partial charge in [0.25, 0.3) is 11.8 Å². The van der Waals surface area contributed by atoms with Crippen LogP contribution in [0, 0.1) is 5.92 Å². The molecule has 0 fully saturated rings. The maximum absolute atomic E-state index is 14.1. The molecule has 3 rings (SSSR count). The zero-order valence-electron chi connectivity index (χ0n) is 21.1. The largest absolute Gasteiger partial charge is 0.493 e. The lowest BCUT2D eigenvalue weighted by Gasteiger charge is -2.31. The van der Waals surface area contributed by atoms with E-state index in [9.17, 15) is 14.4 Å². The van der Waals surface area contributed by atoms with Crippen molar-refractivity contribution in [3.63, 3.8) is 0 Å². The first-order valence-electron chi connectivity index (χ1n) is 11.5. The summed E-state index contributed by atoms with van der Waals surface area (Å²) in [6, 6.07) is 7.02. The second-order valence-corrected chi connectivity index (χ2v) is 9.28. The number of rotatable bonds is 11. The molecule has 12 heteroatoms. The van der Waals surface area contributed by atoms with Crippen LogP contribution in [0.3, 0.4) is 0 Å². The number of nitrogens with zero attached hydrogens (tertiary/aromatic N) is 3. The molecule has 11 nitrogen and oxygen atoms in total. The first-order valence-corrected chi connectivity index (χ1v) is 12.2. The Hall–Kier alpha value is -4.19. The van der Waals surface area contributed by atoms with E-state index in [-0.39, 0.29) is 16.3 Å². The summed E-state index contributed by atoms with van der Waals surface area (Å²) in [5.41, 5.74) is 11.9. The number of hydrogen-bond acceptors (Lipinski definition) is 9. The quantitative estimate of drug-likeness (QED) is 0.343. The average molecular weight is 527 g/mol. The summed E-state index contributed by atoms with van der Waals surface area (Å²) in [6.45, 7) is 4.52. The summed E-state index contributed by atoms with van der Waals surface area (Å²) < 4.78 is 14.7. The van der Waals surface area contributed by atoms with Crippen molar-refractivity contribution in [2.24, 2.45) is 11.7 Å². The molecule has 2 aromatic heterocycles. The molecule has 1 aromatic carbocycles. The number of amides is 3. The van der Waals surface area contributed by atoms with E-state index in [0.29, 0.717) is 35.2 Å². The number of benzene rings is 1. The number of anilines is 2. The Balaban J connectivity index is 2.20. The number of nitrogens with one attached hydrogen (secondary N) is 1. The molecule has 2 heterocycles. The molecule has 1 atom stereocenters. The molecule has 196 valence electrons. The van der Waals surface area contributed by atoms with Crippen LogP contribution in [0.4, 0.5) is 11.4 Å². The first-order chi connectivity index (χ1) is 17.7. The topological polar surface area (TPSA) is 163 Å². The Morgan fingerprint density at radius 2 is 1.76 bits per heavy atom. The number of hydrogen-bond donors (Lipinski definition) is 3. The second kappa shape index (κ2) is 12.2. The van der Waals surface area contributed by atoms with Crippen molar-refractivity contribution in [3.05, 3.63) is 58.9 Å². The normalized spacial score (nSPS) is 11.6. The van der Waals surface area contributed by atoms with Crippen LogP contribution in [-0.4, -0.2) is 47.8 Å². The van der Waals surface area contributed by atoms with Gasteiger partial charge in [0.2, 0.25) is 5.91 Å². The fourth-order valence-electron chi connectivity index (χ4n) is 3.64. The Bertz CT molecular complexity index is 1260. The molecule has 5 N–H and O–H groups in total. The summed E-state index contributed by atoms with van der Waals surface area (Å²) in [4.78, 5) is 44.8. The zero-order valence-corrected chi connectivity index (χ0v) is 21.9. The fourth-order valence-corrected chi connectivity index (χ4v) is 4.38. The number of nitrogen functional groups attached to an aromatic ring is 1. The third-order valence-corrected chi connectivity index (χ3v) is 6.42. The molecule has 0 bridgehead atoms. The molecule has 3 aromatic rings. The van der Waals surface area contributed by atoms with E-state index < -0.39 is 23.8 Å². The van der Waals surface area contributed by atoms with Crippen LogP contribution in [0.1, 0.15) is 52.0 Å². The maximum Gasteiger partial charge on any atom is 0.273 e. The van der Waals surface area contributed by atoms with E-state index in [2.05, 4.69) is 28.5 Å². The molecular weight excluding hydrogens is 496 g/mol. The Kier molecular flexibility index (Phi) is 9.01. The standard InChI is InChI=1S/C25H30N6O5S/c1-14(2)7-12-29-24(33)21(15-8-10-28-11-9-15)31(16-5-6-17(35-3)18(13-16)36-4)25(34)22-19(26)20(23(27)32)30-37-22/h5-6,8-11,13-14,21H,7,12,26H2,1-4H3,(H2,27,32)(H,29,33). The summed E-state index contributed by atoms with van der Waals surface area (Å²) in [5, 5.41) is 2.93. The van der Waals surface area contributed by atoms with Crippen molar-refractivity contribution >= 4 is 40.6 Å². The van der Waals surface area contributed by atoms with Crippen molar-refractivity contribution in [1.29, 1.82) is 0 Å². The van der Waals surface area contributed by atoms with E-state index in [4.69, 9.17) is 20.9 Å². The molecule has 0 spiro atoms. The monoisotopic (exact) mass is 526 g/mol. The van der Waals surface area contributed by atoms with Gasteiger partial charge in [0, 0.05) is 30.7 Å². The highest BCUT2D eigenvalue weighted by atomic mass is 32.1. The molecule has 0 saturated heterocycles. The van der Waals surface area contributed by atoms with Gasteiger partial charge in [-0.15, -0.1) is 0 Å². The van der Waals surface area contributed by atoms with E-state index in [1.54, 1.807) is 30.3 Å². The minimum atomic E-state index is -1.11. The lowest BCUT2D eigenvalue weighted by molar-refractivity contribution is -0.122. The van der Waals surface area contributed by atoms with E-state index in [1.807, 2.05) is 0 Å².